The lowest BCUT2D eigenvalue weighted by atomic mass is 10.0. The van der Waals surface area contributed by atoms with E-state index in [1.807, 2.05) is 0 Å². The monoisotopic (exact) mass is 414 g/mol. The fourth-order valence-corrected chi connectivity index (χ4v) is 2.12. The van der Waals surface area contributed by atoms with Crippen molar-refractivity contribution in [1.29, 1.82) is 0 Å². The molecule has 0 aliphatic carbocycles. The number of unbranched alkanes of at least 4 members (excludes halogenated alkanes) is 4. The zero-order valence-corrected chi connectivity index (χ0v) is 18.6. The minimum absolute atomic E-state index is 0.310. The Hall–Kier alpha value is -1.79. The highest BCUT2D eigenvalue weighted by molar-refractivity contribution is 5.81. The lowest BCUT2D eigenvalue weighted by Gasteiger charge is -2.05. The first kappa shape index (κ1) is 29.4. The smallest absolute Gasteiger partial charge is 0.330 e. The fraction of sp³-hybridized carbons (Fsp3) is 0.696. The predicted octanol–water partition coefficient (Wildman–Crippen LogP) is 5.05. The Labute approximate surface area is 177 Å². The molecule has 0 bridgehead atoms. The maximum Gasteiger partial charge on any atom is 0.330 e. The van der Waals surface area contributed by atoms with Crippen LogP contribution in [0.15, 0.2) is 38.3 Å². The van der Waals surface area contributed by atoms with Gasteiger partial charge in [-0.3, -0.25) is 0 Å². The molecular formula is C23H42O6. The number of ether oxygens (including phenoxy) is 5. The quantitative estimate of drug-likeness (QED) is 0.120. The van der Waals surface area contributed by atoms with Gasteiger partial charge in [0.2, 0.25) is 0 Å². The standard InChI is InChI=1S/C13H24O2.C10H18O4/c1-4-13(14)15-11-9-7-5-6-8-10-12(2)3;1-3-11-5-7-13-9-10-14-8-6-12-4-2/h4,12H,1,5-11H2,2-3H3;3-4H,1-2,5-10H2. The Kier molecular flexibility index (Phi) is 26.6. The van der Waals surface area contributed by atoms with Crippen LogP contribution >= 0.6 is 0 Å². The third-order valence-electron chi connectivity index (χ3n) is 3.64. The molecule has 0 N–H and O–H groups in total. The first-order chi connectivity index (χ1) is 14.1. The molecular weight excluding hydrogens is 372 g/mol. The zero-order valence-electron chi connectivity index (χ0n) is 18.6. The third-order valence-corrected chi connectivity index (χ3v) is 3.64. The van der Waals surface area contributed by atoms with Crippen LogP contribution in [-0.4, -0.2) is 52.2 Å². The maximum atomic E-state index is 10.7. The van der Waals surface area contributed by atoms with Crippen molar-refractivity contribution >= 4 is 5.97 Å². The van der Waals surface area contributed by atoms with Crippen LogP contribution in [0.5, 0.6) is 0 Å². The van der Waals surface area contributed by atoms with Crippen molar-refractivity contribution in [3.8, 4) is 0 Å². The Morgan fingerprint density at radius 2 is 1.21 bits per heavy atom. The van der Waals surface area contributed by atoms with Crippen LogP contribution in [0, 0.1) is 5.92 Å². The van der Waals surface area contributed by atoms with Crippen LogP contribution in [0.2, 0.25) is 0 Å². The van der Waals surface area contributed by atoms with Crippen molar-refractivity contribution in [2.75, 3.05) is 46.2 Å². The van der Waals surface area contributed by atoms with Gasteiger partial charge < -0.3 is 23.7 Å². The summed E-state index contributed by atoms with van der Waals surface area (Å²) in [7, 11) is 0. The molecule has 6 nitrogen and oxygen atoms in total. The molecule has 0 aromatic rings. The number of hydrogen-bond donors (Lipinski definition) is 0. The molecule has 0 saturated carbocycles. The Morgan fingerprint density at radius 1 is 0.724 bits per heavy atom. The molecule has 0 rings (SSSR count). The van der Waals surface area contributed by atoms with Crippen molar-refractivity contribution in [3.63, 3.8) is 0 Å². The lowest BCUT2D eigenvalue weighted by Crippen LogP contribution is -2.10. The Morgan fingerprint density at radius 3 is 1.69 bits per heavy atom. The van der Waals surface area contributed by atoms with E-state index in [9.17, 15) is 4.79 Å². The SMILES string of the molecule is C=CC(=O)OCCCCCCCC(C)C.C=COCCOCCOCCOC=C. The average molecular weight is 415 g/mol. The molecule has 0 saturated heterocycles. The van der Waals surface area contributed by atoms with Crippen molar-refractivity contribution < 1.29 is 28.5 Å². The molecule has 0 amide bonds. The van der Waals surface area contributed by atoms with Crippen molar-refractivity contribution in [1.82, 2.24) is 0 Å². The van der Waals surface area contributed by atoms with Crippen LogP contribution in [0.1, 0.15) is 52.4 Å². The summed E-state index contributed by atoms with van der Waals surface area (Å²) in [6.45, 7) is 18.5. The summed E-state index contributed by atoms with van der Waals surface area (Å²) in [5.41, 5.74) is 0. The Bertz CT molecular complexity index is 366. The highest BCUT2D eigenvalue weighted by atomic mass is 16.6. The minimum Gasteiger partial charge on any atom is -0.499 e. The molecule has 0 fully saturated rings. The minimum atomic E-state index is -0.310. The molecule has 0 unspecified atom stereocenters. The summed E-state index contributed by atoms with van der Waals surface area (Å²) in [6.07, 6.45) is 11.3. The molecule has 0 atom stereocenters. The van der Waals surface area contributed by atoms with Gasteiger partial charge in [0.15, 0.2) is 0 Å². The summed E-state index contributed by atoms with van der Waals surface area (Å²) >= 11 is 0. The van der Waals surface area contributed by atoms with Crippen LogP contribution < -0.4 is 0 Å². The number of esters is 1. The average Bonchev–Trinajstić information content (AvgIpc) is 2.71. The van der Waals surface area contributed by atoms with Crippen LogP contribution in [0.4, 0.5) is 0 Å². The summed E-state index contributed by atoms with van der Waals surface area (Å²) in [5, 5.41) is 0. The summed E-state index contributed by atoms with van der Waals surface area (Å²) in [5.74, 6) is 0.508. The Balaban J connectivity index is 0. The van der Waals surface area contributed by atoms with Crippen molar-refractivity contribution in [2.24, 2.45) is 5.92 Å². The molecule has 0 aliphatic rings. The molecule has 29 heavy (non-hydrogen) atoms. The molecule has 0 radical (unpaired) electrons. The predicted molar refractivity (Wildman–Crippen MR) is 118 cm³/mol. The highest BCUT2D eigenvalue weighted by Gasteiger charge is 1.96. The molecule has 6 heteroatoms. The summed E-state index contributed by atoms with van der Waals surface area (Å²) < 4.78 is 25.0. The molecule has 0 aliphatic heterocycles. The fourth-order valence-electron chi connectivity index (χ4n) is 2.12. The van der Waals surface area contributed by atoms with Gasteiger partial charge >= 0.3 is 5.97 Å². The number of rotatable bonds is 20. The molecule has 0 spiro atoms. The number of carbonyl (C=O) groups excluding carboxylic acids is 1. The van der Waals surface area contributed by atoms with Crippen LogP contribution in [-0.2, 0) is 28.5 Å². The van der Waals surface area contributed by atoms with E-state index >= 15 is 0 Å². The normalized spacial score (nSPS) is 9.90. The van der Waals surface area contributed by atoms with Gasteiger partial charge in [-0.25, -0.2) is 4.79 Å². The van der Waals surface area contributed by atoms with E-state index in [4.69, 9.17) is 23.7 Å². The second-order valence-corrected chi connectivity index (χ2v) is 6.62. The summed E-state index contributed by atoms with van der Waals surface area (Å²) in [4.78, 5) is 10.7. The van der Waals surface area contributed by atoms with Gasteiger partial charge in [0.1, 0.15) is 13.2 Å². The maximum absolute atomic E-state index is 10.7. The van der Waals surface area contributed by atoms with E-state index in [0.29, 0.717) is 46.2 Å². The topological polar surface area (TPSA) is 63.2 Å². The van der Waals surface area contributed by atoms with Crippen LogP contribution in [0.25, 0.3) is 0 Å². The molecule has 0 aromatic heterocycles. The van der Waals surface area contributed by atoms with E-state index in [1.54, 1.807) is 0 Å². The van der Waals surface area contributed by atoms with Crippen LogP contribution in [0.3, 0.4) is 0 Å². The first-order valence-electron chi connectivity index (χ1n) is 10.5. The van der Waals surface area contributed by atoms with Gasteiger partial charge in [0.25, 0.3) is 0 Å². The van der Waals surface area contributed by atoms with Crippen molar-refractivity contribution in [3.05, 3.63) is 38.3 Å². The second-order valence-electron chi connectivity index (χ2n) is 6.62. The first-order valence-corrected chi connectivity index (χ1v) is 10.5. The second kappa shape index (κ2) is 26.2. The van der Waals surface area contributed by atoms with Gasteiger partial charge in [-0.15, -0.1) is 0 Å². The number of carbonyl (C=O) groups is 1. The van der Waals surface area contributed by atoms with Gasteiger partial charge in [0.05, 0.1) is 45.6 Å². The summed E-state index contributed by atoms with van der Waals surface area (Å²) in [6, 6.07) is 0. The highest BCUT2D eigenvalue weighted by Crippen LogP contribution is 2.10. The number of hydrogen-bond acceptors (Lipinski definition) is 6. The van der Waals surface area contributed by atoms with Gasteiger partial charge in [0, 0.05) is 6.08 Å². The van der Waals surface area contributed by atoms with E-state index in [-0.39, 0.29) is 5.97 Å². The van der Waals surface area contributed by atoms with Gasteiger partial charge in [-0.2, -0.15) is 0 Å². The third kappa shape index (κ3) is 31.1. The van der Waals surface area contributed by atoms with Gasteiger partial charge in [-0.1, -0.05) is 65.7 Å². The van der Waals surface area contributed by atoms with E-state index < -0.39 is 0 Å². The molecule has 0 aromatic carbocycles. The lowest BCUT2D eigenvalue weighted by molar-refractivity contribution is -0.137. The molecule has 170 valence electrons. The zero-order chi connectivity index (χ0) is 22.0. The largest absolute Gasteiger partial charge is 0.499 e. The van der Waals surface area contributed by atoms with E-state index in [0.717, 1.165) is 18.8 Å². The van der Waals surface area contributed by atoms with Crippen molar-refractivity contribution in [2.45, 2.75) is 52.4 Å². The molecule has 0 heterocycles. The van der Waals surface area contributed by atoms with Gasteiger partial charge in [-0.05, 0) is 12.3 Å². The van der Waals surface area contributed by atoms with E-state index in [2.05, 4.69) is 33.6 Å². The van der Waals surface area contributed by atoms with E-state index in [1.165, 1.54) is 44.3 Å².